The van der Waals surface area contributed by atoms with Gasteiger partial charge in [0.05, 0.1) is 19.3 Å². The molecule has 0 aliphatic carbocycles. The average molecular weight is 349 g/mol. The van der Waals surface area contributed by atoms with Crippen molar-refractivity contribution in [2.75, 3.05) is 13.7 Å². The number of fused-ring (bicyclic) bond motifs is 2. The maximum Gasteiger partial charge on any atom is 0.231 e. The lowest BCUT2D eigenvalue weighted by atomic mass is 10.1. The highest BCUT2D eigenvalue weighted by Crippen LogP contribution is 2.36. The quantitative estimate of drug-likeness (QED) is 0.662. The number of rotatable bonds is 4. The van der Waals surface area contributed by atoms with Crippen molar-refractivity contribution in [3.05, 3.63) is 59.5 Å². The average Bonchev–Trinajstić information content (AvgIpc) is 3.12. The molecular formula is C21H19NO4. The number of methoxy groups -OCH3 is 1. The fourth-order valence-corrected chi connectivity index (χ4v) is 3.21. The monoisotopic (exact) mass is 349 g/mol. The van der Waals surface area contributed by atoms with Crippen LogP contribution < -0.4 is 14.2 Å². The van der Waals surface area contributed by atoms with Crippen molar-refractivity contribution in [1.29, 1.82) is 0 Å². The number of aryl methyl sites for hydroxylation is 1. The van der Waals surface area contributed by atoms with Gasteiger partial charge < -0.3 is 18.8 Å². The van der Waals surface area contributed by atoms with Crippen molar-refractivity contribution < 1.29 is 19.0 Å². The Kier molecular flexibility index (Phi) is 3.92. The van der Waals surface area contributed by atoms with Crippen LogP contribution in [0.25, 0.3) is 17.0 Å². The van der Waals surface area contributed by atoms with E-state index in [2.05, 4.69) is 0 Å². The molecule has 1 aromatic heterocycles. The number of ketones is 1. The summed E-state index contributed by atoms with van der Waals surface area (Å²) in [5.41, 5.74) is 2.51. The predicted molar refractivity (Wildman–Crippen MR) is 100 cm³/mol. The van der Waals surface area contributed by atoms with Crippen LogP contribution in [0.15, 0.2) is 48.4 Å². The normalized spacial score (nSPS) is 14.6. The van der Waals surface area contributed by atoms with Crippen LogP contribution in [0.3, 0.4) is 0 Å². The molecule has 0 saturated carbocycles. The van der Waals surface area contributed by atoms with Crippen molar-refractivity contribution in [3.8, 4) is 17.2 Å². The number of allylic oxidation sites excluding steroid dienone is 1. The SMILES string of the molecule is CCOc1ccc2c(c1)OC(=Cc1cn(C)c3ccc(OC)cc13)C2=O. The van der Waals surface area contributed by atoms with Crippen LogP contribution in [0.5, 0.6) is 17.2 Å². The van der Waals surface area contributed by atoms with Crippen LogP contribution >= 0.6 is 0 Å². The van der Waals surface area contributed by atoms with Crippen molar-refractivity contribution >= 4 is 22.8 Å². The lowest BCUT2D eigenvalue weighted by molar-refractivity contribution is 0.101. The molecular weight excluding hydrogens is 330 g/mol. The fraction of sp³-hybridized carbons (Fsp3) is 0.190. The second-order valence-electron chi connectivity index (χ2n) is 6.11. The first-order chi connectivity index (χ1) is 12.6. The Morgan fingerprint density at radius 3 is 2.73 bits per heavy atom. The van der Waals surface area contributed by atoms with E-state index in [1.54, 1.807) is 31.4 Å². The molecule has 3 aromatic rings. The lowest BCUT2D eigenvalue weighted by Gasteiger charge is -2.03. The van der Waals surface area contributed by atoms with Crippen LogP contribution in [0.4, 0.5) is 0 Å². The zero-order valence-corrected chi connectivity index (χ0v) is 14.9. The Labute approximate surface area is 151 Å². The first-order valence-corrected chi connectivity index (χ1v) is 8.45. The van der Waals surface area contributed by atoms with E-state index in [1.165, 1.54) is 0 Å². The third-order valence-electron chi connectivity index (χ3n) is 4.47. The van der Waals surface area contributed by atoms with Gasteiger partial charge in [-0.3, -0.25) is 4.79 Å². The summed E-state index contributed by atoms with van der Waals surface area (Å²) in [6, 6.07) is 11.2. The van der Waals surface area contributed by atoms with Crippen molar-refractivity contribution in [2.24, 2.45) is 7.05 Å². The molecule has 0 radical (unpaired) electrons. The Morgan fingerprint density at radius 1 is 1.15 bits per heavy atom. The number of carbonyl (C=O) groups excluding carboxylic acids is 1. The van der Waals surface area contributed by atoms with E-state index < -0.39 is 0 Å². The van der Waals surface area contributed by atoms with Crippen LogP contribution in [0.2, 0.25) is 0 Å². The predicted octanol–water partition coefficient (Wildman–Crippen LogP) is 4.20. The number of Topliss-reactive ketones (excluding diaryl/α,β-unsaturated/α-hetero) is 1. The summed E-state index contributed by atoms with van der Waals surface area (Å²) in [7, 11) is 3.61. The van der Waals surface area contributed by atoms with E-state index in [0.717, 1.165) is 22.2 Å². The van der Waals surface area contributed by atoms with E-state index >= 15 is 0 Å². The van der Waals surface area contributed by atoms with Gasteiger partial charge in [-0.2, -0.15) is 0 Å². The van der Waals surface area contributed by atoms with Gasteiger partial charge in [-0.1, -0.05) is 0 Å². The second kappa shape index (κ2) is 6.26. The zero-order chi connectivity index (χ0) is 18.3. The van der Waals surface area contributed by atoms with Crippen LogP contribution in [0.1, 0.15) is 22.8 Å². The Hall–Kier alpha value is -3.21. The molecule has 0 spiro atoms. The minimum atomic E-state index is -0.122. The van der Waals surface area contributed by atoms with E-state index in [0.29, 0.717) is 29.4 Å². The molecule has 0 N–H and O–H groups in total. The highest BCUT2D eigenvalue weighted by atomic mass is 16.5. The van der Waals surface area contributed by atoms with E-state index in [-0.39, 0.29) is 5.78 Å². The van der Waals surface area contributed by atoms with Crippen LogP contribution in [-0.4, -0.2) is 24.1 Å². The third-order valence-corrected chi connectivity index (χ3v) is 4.47. The molecule has 0 atom stereocenters. The van der Waals surface area contributed by atoms with Crippen molar-refractivity contribution in [3.63, 3.8) is 0 Å². The zero-order valence-electron chi connectivity index (χ0n) is 14.9. The number of hydrogen-bond acceptors (Lipinski definition) is 4. The number of carbonyl (C=O) groups is 1. The molecule has 132 valence electrons. The van der Waals surface area contributed by atoms with Gasteiger partial charge in [0.1, 0.15) is 17.2 Å². The molecule has 4 rings (SSSR count). The van der Waals surface area contributed by atoms with Crippen LogP contribution in [-0.2, 0) is 7.05 Å². The smallest absolute Gasteiger partial charge is 0.231 e. The summed E-state index contributed by atoms with van der Waals surface area (Å²) in [6.45, 7) is 2.48. The first-order valence-electron chi connectivity index (χ1n) is 8.45. The van der Waals surface area contributed by atoms with Gasteiger partial charge in [0.2, 0.25) is 5.78 Å². The summed E-state index contributed by atoms with van der Waals surface area (Å²) < 4.78 is 18.6. The van der Waals surface area contributed by atoms with Gasteiger partial charge >= 0.3 is 0 Å². The molecule has 2 aromatic carbocycles. The van der Waals surface area contributed by atoms with Gasteiger partial charge in [0, 0.05) is 35.8 Å². The number of hydrogen-bond donors (Lipinski definition) is 0. The maximum absolute atomic E-state index is 12.7. The van der Waals surface area contributed by atoms with E-state index in [9.17, 15) is 4.79 Å². The van der Waals surface area contributed by atoms with Gasteiger partial charge in [0.15, 0.2) is 5.76 Å². The third kappa shape index (κ3) is 2.62. The number of nitrogens with zero attached hydrogens (tertiary/aromatic N) is 1. The highest BCUT2D eigenvalue weighted by Gasteiger charge is 2.28. The fourth-order valence-electron chi connectivity index (χ4n) is 3.21. The van der Waals surface area contributed by atoms with Gasteiger partial charge in [-0.15, -0.1) is 0 Å². The van der Waals surface area contributed by atoms with Gasteiger partial charge in [-0.05, 0) is 43.3 Å². The van der Waals surface area contributed by atoms with Crippen molar-refractivity contribution in [1.82, 2.24) is 4.57 Å². The minimum Gasteiger partial charge on any atom is -0.497 e. The summed E-state index contributed by atoms with van der Waals surface area (Å²) in [6.07, 6.45) is 3.76. The van der Waals surface area contributed by atoms with Gasteiger partial charge in [-0.25, -0.2) is 0 Å². The molecule has 0 unspecified atom stereocenters. The summed E-state index contributed by atoms with van der Waals surface area (Å²) in [5, 5.41) is 1.00. The number of aromatic nitrogens is 1. The van der Waals surface area contributed by atoms with Crippen molar-refractivity contribution in [2.45, 2.75) is 6.92 Å². The molecule has 5 nitrogen and oxygen atoms in total. The Bertz CT molecular complexity index is 1050. The second-order valence-corrected chi connectivity index (χ2v) is 6.11. The highest BCUT2D eigenvalue weighted by molar-refractivity contribution is 6.15. The number of ether oxygens (including phenoxy) is 3. The molecule has 26 heavy (non-hydrogen) atoms. The molecule has 0 saturated heterocycles. The van der Waals surface area contributed by atoms with E-state index in [4.69, 9.17) is 14.2 Å². The topological polar surface area (TPSA) is 49.7 Å². The molecule has 1 aliphatic heterocycles. The minimum absolute atomic E-state index is 0.122. The Morgan fingerprint density at radius 2 is 1.96 bits per heavy atom. The van der Waals surface area contributed by atoms with Crippen LogP contribution in [0, 0.1) is 0 Å². The molecule has 0 bridgehead atoms. The standard InChI is InChI=1S/C21H19NO4/c1-4-25-15-5-7-16-19(11-15)26-20(21(16)23)9-13-12-22(2)18-8-6-14(24-3)10-17(13)18/h5-12H,4H2,1-3H3. The number of benzene rings is 2. The Balaban J connectivity index is 1.75. The summed E-state index contributed by atoms with van der Waals surface area (Å²) >= 11 is 0. The molecule has 0 amide bonds. The summed E-state index contributed by atoms with van der Waals surface area (Å²) in [4.78, 5) is 12.7. The molecule has 1 aliphatic rings. The van der Waals surface area contributed by atoms with E-state index in [1.807, 2.05) is 42.9 Å². The maximum atomic E-state index is 12.7. The van der Waals surface area contributed by atoms with Gasteiger partial charge in [0.25, 0.3) is 0 Å². The molecule has 2 heterocycles. The summed E-state index contributed by atoms with van der Waals surface area (Å²) in [5.74, 6) is 2.18. The lowest BCUT2D eigenvalue weighted by Crippen LogP contribution is -1.97. The molecule has 0 fully saturated rings. The first kappa shape index (κ1) is 16.3. The molecule has 5 heteroatoms. The largest absolute Gasteiger partial charge is 0.497 e.